The van der Waals surface area contributed by atoms with Crippen LogP contribution in [0.2, 0.25) is 0 Å². The van der Waals surface area contributed by atoms with E-state index in [-0.39, 0.29) is 0 Å². The van der Waals surface area contributed by atoms with Crippen molar-refractivity contribution in [1.82, 2.24) is 19.7 Å². The first-order chi connectivity index (χ1) is 11.2. The van der Waals surface area contributed by atoms with Crippen LogP contribution in [0.25, 0.3) is 0 Å². The molecule has 0 unspecified atom stereocenters. The van der Waals surface area contributed by atoms with E-state index in [0.717, 1.165) is 28.6 Å². The van der Waals surface area contributed by atoms with Crippen molar-refractivity contribution in [2.75, 3.05) is 5.32 Å². The Morgan fingerprint density at radius 3 is 2.78 bits per heavy atom. The number of rotatable bonds is 6. The van der Waals surface area contributed by atoms with E-state index in [1.54, 1.807) is 10.9 Å². The molecule has 2 aromatic heterocycles. The fraction of sp³-hybridized carbons (Fsp3) is 0.235. The molecule has 0 aliphatic carbocycles. The molecule has 0 atom stereocenters. The van der Waals surface area contributed by atoms with Crippen LogP contribution >= 0.6 is 0 Å². The topological polar surface area (TPSA) is 64.9 Å². The van der Waals surface area contributed by atoms with Crippen molar-refractivity contribution >= 4 is 5.95 Å². The van der Waals surface area contributed by atoms with Gasteiger partial charge in [-0.2, -0.15) is 10.1 Å². The van der Waals surface area contributed by atoms with Crippen molar-refractivity contribution < 1.29 is 4.74 Å². The summed E-state index contributed by atoms with van der Waals surface area (Å²) in [7, 11) is 1.87. The number of hydrogen-bond donors (Lipinski definition) is 1. The Morgan fingerprint density at radius 2 is 2.04 bits per heavy atom. The molecule has 3 rings (SSSR count). The number of anilines is 1. The molecule has 0 aliphatic heterocycles. The first-order valence-electron chi connectivity index (χ1n) is 7.43. The number of pyridine rings is 1. The highest BCUT2D eigenvalue weighted by Crippen LogP contribution is 2.20. The molecule has 0 bridgehead atoms. The molecule has 23 heavy (non-hydrogen) atoms. The predicted octanol–water partition coefficient (Wildman–Crippen LogP) is 2.71. The number of nitrogens with one attached hydrogen (secondary N) is 1. The van der Waals surface area contributed by atoms with E-state index in [1.807, 2.05) is 56.6 Å². The van der Waals surface area contributed by atoms with E-state index in [1.165, 1.54) is 0 Å². The van der Waals surface area contributed by atoms with Crippen LogP contribution in [-0.2, 0) is 20.2 Å². The molecule has 1 N–H and O–H groups in total. The summed E-state index contributed by atoms with van der Waals surface area (Å²) in [5.74, 6) is 2.34. The van der Waals surface area contributed by atoms with Gasteiger partial charge < -0.3 is 10.1 Å². The highest BCUT2D eigenvalue weighted by molar-refractivity contribution is 5.37. The Balaban J connectivity index is 1.67. The molecule has 0 radical (unpaired) electrons. The SMILES string of the molecule is Cc1nc(NCc2ccccc2OCc2cccnc2)n(C)n1. The molecular formula is C17H19N5O. The lowest BCUT2D eigenvalue weighted by atomic mass is 10.2. The summed E-state index contributed by atoms with van der Waals surface area (Å²) in [6, 6.07) is 11.9. The minimum Gasteiger partial charge on any atom is -0.488 e. The lowest BCUT2D eigenvalue weighted by Crippen LogP contribution is -2.07. The second-order valence-corrected chi connectivity index (χ2v) is 5.22. The molecule has 6 nitrogen and oxygen atoms in total. The van der Waals surface area contributed by atoms with Gasteiger partial charge in [0, 0.05) is 37.1 Å². The van der Waals surface area contributed by atoms with E-state index in [2.05, 4.69) is 20.4 Å². The van der Waals surface area contributed by atoms with E-state index in [0.29, 0.717) is 13.2 Å². The zero-order chi connectivity index (χ0) is 16.1. The number of aryl methyl sites for hydroxylation is 2. The van der Waals surface area contributed by atoms with Gasteiger partial charge in [-0.25, -0.2) is 4.68 Å². The fourth-order valence-electron chi connectivity index (χ4n) is 2.28. The van der Waals surface area contributed by atoms with E-state index < -0.39 is 0 Å². The van der Waals surface area contributed by atoms with Crippen molar-refractivity contribution in [3.05, 3.63) is 65.7 Å². The summed E-state index contributed by atoms with van der Waals surface area (Å²) in [5.41, 5.74) is 2.11. The van der Waals surface area contributed by atoms with Crippen LogP contribution in [0, 0.1) is 6.92 Å². The molecule has 0 saturated heterocycles. The molecule has 118 valence electrons. The van der Waals surface area contributed by atoms with Gasteiger partial charge in [0.15, 0.2) is 0 Å². The van der Waals surface area contributed by atoms with Gasteiger partial charge in [0.1, 0.15) is 18.2 Å². The maximum Gasteiger partial charge on any atom is 0.221 e. The lowest BCUT2D eigenvalue weighted by Gasteiger charge is -2.12. The van der Waals surface area contributed by atoms with Gasteiger partial charge in [0.05, 0.1) is 0 Å². The van der Waals surface area contributed by atoms with Crippen LogP contribution in [0.15, 0.2) is 48.8 Å². The molecule has 0 amide bonds. The number of nitrogens with zero attached hydrogens (tertiary/aromatic N) is 4. The molecule has 6 heteroatoms. The Labute approximate surface area is 135 Å². The Morgan fingerprint density at radius 1 is 1.17 bits per heavy atom. The molecule has 0 saturated carbocycles. The third-order valence-corrected chi connectivity index (χ3v) is 3.40. The van der Waals surface area contributed by atoms with Crippen LogP contribution < -0.4 is 10.1 Å². The van der Waals surface area contributed by atoms with Crippen LogP contribution in [0.5, 0.6) is 5.75 Å². The second-order valence-electron chi connectivity index (χ2n) is 5.22. The Hall–Kier alpha value is -2.89. The largest absolute Gasteiger partial charge is 0.488 e. The minimum absolute atomic E-state index is 0.494. The quantitative estimate of drug-likeness (QED) is 0.758. The summed E-state index contributed by atoms with van der Waals surface area (Å²) in [5, 5.41) is 7.51. The maximum atomic E-state index is 5.92. The van der Waals surface area contributed by atoms with Gasteiger partial charge >= 0.3 is 0 Å². The van der Waals surface area contributed by atoms with Crippen molar-refractivity contribution in [1.29, 1.82) is 0 Å². The third-order valence-electron chi connectivity index (χ3n) is 3.40. The summed E-state index contributed by atoms with van der Waals surface area (Å²) in [6.45, 7) is 2.99. The number of para-hydroxylation sites is 1. The van der Waals surface area contributed by atoms with Crippen LogP contribution in [0.3, 0.4) is 0 Å². The average molecular weight is 309 g/mol. The van der Waals surface area contributed by atoms with Crippen molar-refractivity contribution in [2.24, 2.45) is 7.05 Å². The van der Waals surface area contributed by atoms with Gasteiger partial charge in [0.2, 0.25) is 5.95 Å². The monoisotopic (exact) mass is 309 g/mol. The van der Waals surface area contributed by atoms with Crippen molar-refractivity contribution in [2.45, 2.75) is 20.1 Å². The summed E-state index contributed by atoms with van der Waals surface area (Å²) in [6.07, 6.45) is 3.56. The third kappa shape index (κ3) is 3.85. The zero-order valence-corrected chi connectivity index (χ0v) is 13.2. The van der Waals surface area contributed by atoms with E-state index in [9.17, 15) is 0 Å². The molecule has 3 aromatic rings. The molecule has 0 aliphatic rings. The summed E-state index contributed by atoms with van der Waals surface area (Å²) < 4.78 is 7.65. The number of ether oxygens (including phenoxy) is 1. The first-order valence-corrected chi connectivity index (χ1v) is 7.43. The minimum atomic E-state index is 0.494. The Kier molecular flexibility index (Phi) is 4.52. The van der Waals surface area contributed by atoms with Crippen molar-refractivity contribution in [3.8, 4) is 5.75 Å². The number of aromatic nitrogens is 4. The normalized spacial score (nSPS) is 10.5. The van der Waals surface area contributed by atoms with Gasteiger partial charge in [-0.05, 0) is 19.1 Å². The van der Waals surface area contributed by atoms with Gasteiger partial charge in [0.25, 0.3) is 0 Å². The standard InChI is InChI=1S/C17H19N5O/c1-13-20-17(22(2)21-13)19-11-15-7-3-4-8-16(15)23-12-14-6-5-9-18-10-14/h3-10H,11-12H2,1-2H3,(H,19,20,21). The van der Waals surface area contributed by atoms with Crippen LogP contribution in [0.4, 0.5) is 5.95 Å². The zero-order valence-electron chi connectivity index (χ0n) is 13.2. The van der Waals surface area contributed by atoms with Gasteiger partial charge in [-0.15, -0.1) is 0 Å². The Bertz CT molecular complexity index is 770. The summed E-state index contributed by atoms with van der Waals surface area (Å²) in [4.78, 5) is 8.44. The highest BCUT2D eigenvalue weighted by Gasteiger charge is 2.07. The molecule has 1 aromatic carbocycles. The van der Waals surface area contributed by atoms with E-state index in [4.69, 9.17) is 4.74 Å². The molecular weight excluding hydrogens is 290 g/mol. The van der Waals surface area contributed by atoms with Gasteiger partial charge in [-0.3, -0.25) is 4.98 Å². The number of hydrogen-bond acceptors (Lipinski definition) is 5. The van der Waals surface area contributed by atoms with Crippen LogP contribution in [-0.4, -0.2) is 19.7 Å². The number of benzene rings is 1. The second kappa shape index (κ2) is 6.91. The van der Waals surface area contributed by atoms with Gasteiger partial charge in [-0.1, -0.05) is 24.3 Å². The smallest absolute Gasteiger partial charge is 0.221 e. The van der Waals surface area contributed by atoms with Crippen molar-refractivity contribution in [3.63, 3.8) is 0 Å². The summed E-state index contributed by atoms with van der Waals surface area (Å²) >= 11 is 0. The first kappa shape index (κ1) is 15.0. The predicted molar refractivity (Wildman–Crippen MR) is 88.1 cm³/mol. The lowest BCUT2D eigenvalue weighted by molar-refractivity contribution is 0.303. The van der Waals surface area contributed by atoms with Crippen LogP contribution in [0.1, 0.15) is 17.0 Å². The fourth-order valence-corrected chi connectivity index (χ4v) is 2.28. The average Bonchev–Trinajstić information content (AvgIpc) is 2.90. The molecule has 0 spiro atoms. The highest BCUT2D eigenvalue weighted by atomic mass is 16.5. The van der Waals surface area contributed by atoms with E-state index >= 15 is 0 Å². The molecule has 0 fully saturated rings. The maximum absolute atomic E-state index is 5.92. The molecule has 2 heterocycles.